The molecule has 0 aromatic rings. The van der Waals surface area contributed by atoms with Gasteiger partial charge in [-0.3, -0.25) is 4.79 Å². The Labute approximate surface area is 110 Å². The fourth-order valence-corrected chi connectivity index (χ4v) is 2.87. The summed E-state index contributed by atoms with van der Waals surface area (Å²) in [5, 5.41) is 0. The van der Waals surface area contributed by atoms with Crippen molar-refractivity contribution in [2.45, 2.75) is 51.5 Å². The summed E-state index contributed by atoms with van der Waals surface area (Å²) in [7, 11) is 0. The van der Waals surface area contributed by atoms with Gasteiger partial charge in [-0.25, -0.2) is 0 Å². The van der Waals surface area contributed by atoms with E-state index in [0.717, 1.165) is 25.9 Å². The Morgan fingerprint density at radius 1 is 1.22 bits per heavy atom. The fraction of sp³-hybridized carbons (Fsp3) is 0.929. The summed E-state index contributed by atoms with van der Waals surface area (Å²) in [5.41, 5.74) is 6.00. The lowest BCUT2D eigenvalue weighted by molar-refractivity contribution is -0.142. The topological polar surface area (TPSA) is 55.6 Å². The van der Waals surface area contributed by atoms with Gasteiger partial charge in [-0.2, -0.15) is 0 Å². The van der Waals surface area contributed by atoms with Crippen molar-refractivity contribution in [3.05, 3.63) is 0 Å². The van der Waals surface area contributed by atoms with Crippen LogP contribution in [-0.2, 0) is 9.53 Å². The van der Waals surface area contributed by atoms with Crippen LogP contribution in [0.25, 0.3) is 0 Å². The maximum absolute atomic E-state index is 12.5. The van der Waals surface area contributed by atoms with E-state index in [9.17, 15) is 4.79 Å². The molecule has 2 heterocycles. The highest BCUT2D eigenvalue weighted by Crippen LogP contribution is 2.35. The van der Waals surface area contributed by atoms with Crippen LogP contribution < -0.4 is 5.73 Å². The number of piperidine rings is 1. The Morgan fingerprint density at radius 2 is 1.78 bits per heavy atom. The summed E-state index contributed by atoms with van der Waals surface area (Å²) in [5.74, 6) is 0.143. The van der Waals surface area contributed by atoms with Gasteiger partial charge in [0, 0.05) is 26.3 Å². The molecular weight excluding hydrogens is 228 g/mol. The van der Waals surface area contributed by atoms with Gasteiger partial charge in [-0.05, 0) is 31.1 Å². The zero-order valence-electron chi connectivity index (χ0n) is 11.7. The van der Waals surface area contributed by atoms with Crippen molar-refractivity contribution in [2.24, 2.45) is 11.1 Å². The van der Waals surface area contributed by atoms with Gasteiger partial charge in [-0.1, -0.05) is 20.3 Å². The molecule has 2 N–H and O–H groups in total. The lowest BCUT2D eigenvalue weighted by atomic mass is 9.77. The molecule has 2 aliphatic heterocycles. The van der Waals surface area contributed by atoms with Gasteiger partial charge >= 0.3 is 0 Å². The molecule has 2 saturated heterocycles. The molecule has 1 amide bonds. The Bertz CT molecular complexity index is 303. The molecule has 2 fully saturated rings. The number of rotatable bonds is 2. The molecule has 0 saturated carbocycles. The maximum Gasteiger partial charge on any atom is 0.242 e. The molecule has 0 spiro atoms. The summed E-state index contributed by atoms with van der Waals surface area (Å²) in [6.45, 7) is 7.51. The van der Waals surface area contributed by atoms with Crippen molar-refractivity contribution in [1.82, 2.24) is 4.90 Å². The fourth-order valence-electron chi connectivity index (χ4n) is 2.87. The molecule has 0 unspecified atom stereocenters. The van der Waals surface area contributed by atoms with E-state index < -0.39 is 5.54 Å². The van der Waals surface area contributed by atoms with E-state index >= 15 is 0 Å². The number of hydrogen-bond donors (Lipinski definition) is 1. The third-order valence-corrected chi connectivity index (χ3v) is 4.92. The molecule has 104 valence electrons. The SMILES string of the molecule is CCC1(C)CCN(C(=O)C2(N)CCOCC2)CC1. The Kier molecular flexibility index (Phi) is 3.97. The maximum atomic E-state index is 12.5. The number of likely N-dealkylation sites (tertiary alicyclic amines) is 1. The summed E-state index contributed by atoms with van der Waals surface area (Å²) in [4.78, 5) is 14.5. The van der Waals surface area contributed by atoms with Crippen LogP contribution in [0.5, 0.6) is 0 Å². The normalized spacial score (nSPS) is 26.9. The molecule has 18 heavy (non-hydrogen) atoms. The van der Waals surface area contributed by atoms with Crippen LogP contribution in [0, 0.1) is 5.41 Å². The van der Waals surface area contributed by atoms with Crippen LogP contribution in [0.1, 0.15) is 46.0 Å². The predicted octanol–water partition coefficient (Wildman–Crippen LogP) is 1.53. The van der Waals surface area contributed by atoms with Crippen molar-refractivity contribution in [3.8, 4) is 0 Å². The Balaban J connectivity index is 1.95. The first-order valence-corrected chi connectivity index (χ1v) is 7.15. The summed E-state index contributed by atoms with van der Waals surface area (Å²) in [6, 6.07) is 0. The van der Waals surface area contributed by atoms with Gasteiger partial charge < -0.3 is 15.4 Å². The van der Waals surface area contributed by atoms with Gasteiger partial charge in [0.25, 0.3) is 0 Å². The molecule has 0 aliphatic carbocycles. The van der Waals surface area contributed by atoms with Gasteiger partial charge in [0.05, 0.1) is 5.54 Å². The van der Waals surface area contributed by atoms with Crippen LogP contribution in [-0.4, -0.2) is 42.6 Å². The van der Waals surface area contributed by atoms with Gasteiger partial charge in [-0.15, -0.1) is 0 Å². The van der Waals surface area contributed by atoms with E-state index in [1.54, 1.807) is 0 Å². The highest BCUT2D eigenvalue weighted by atomic mass is 16.5. The van der Waals surface area contributed by atoms with Gasteiger partial charge in [0.15, 0.2) is 0 Å². The molecule has 4 nitrogen and oxygen atoms in total. The first-order valence-electron chi connectivity index (χ1n) is 7.15. The lowest BCUT2D eigenvalue weighted by Gasteiger charge is -2.43. The number of amides is 1. The zero-order valence-corrected chi connectivity index (χ0v) is 11.7. The Hall–Kier alpha value is -0.610. The average Bonchev–Trinajstić information content (AvgIpc) is 2.40. The van der Waals surface area contributed by atoms with E-state index in [1.165, 1.54) is 6.42 Å². The Morgan fingerprint density at radius 3 is 2.28 bits per heavy atom. The van der Waals surface area contributed by atoms with Gasteiger partial charge in [0.2, 0.25) is 5.91 Å². The molecule has 2 rings (SSSR count). The van der Waals surface area contributed by atoms with Crippen molar-refractivity contribution < 1.29 is 9.53 Å². The second kappa shape index (κ2) is 5.17. The van der Waals surface area contributed by atoms with Crippen molar-refractivity contribution >= 4 is 5.91 Å². The minimum atomic E-state index is -0.668. The minimum Gasteiger partial charge on any atom is -0.381 e. The van der Waals surface area contributed by atoms with Crippen LogP contribution in [0.3, 0.4) is 0 Å². The predicted molar refractivity (Wildman–Crippen MR) is 71.2 cm³/mol. The summed E-state index contributed by atoms with van der Waals surface area (Å²) < 4.78 is 5.30. The van der Waals surface area contributed by atoms with E-state index in [2.05, 4.69) is 13.8 Å². The highest BCUT2D eigenvalue weighted by Gasteiger charge is 2.41. The monoisotopic (exact) mass is 254 g/mol. The molecule has 0 radical (unpaired) electrons. The number of nitrogens with two attached hydrogens (primary N) is 1. The van der Waals surface area contributed by atoms with Crippen LogP contribution in [0.2, 0.25) is 0 Å². The first kappa shape index (κ1) is 13.8. The van der Waals surface area contributed by atoms with E-state index in [4.69, 9.17) is 10.5 Å². The van der Waals surface area contributed by atoms with Crippen LogP contribution in [0.15, 0.2) is 0 Å². The highest BCUT2D eigenvalue weighted by molar-refractivity contribution is 5.86. The van der Waals surface area contributed by atoms with E-state index in [0.29, 0.717) is 31.5 Å². The number of ether oxygens (including phenoxy) is 1. The smallest absolute Gasteiger partial charge is 0.242 e. The molecule has 4 heteroatoms. The largest absolute Gasteiger partial charge is 0.381 e. The second-order valence-corrected chi connectivity index (χ2v) is 6.22. The van der Waals surface area contributed by atoms with Crippen LogP contribution >= 0.6 is 0 Å². The molecule has 0 bridgehead atoms. The molecule has 0 aromatic heterocycles. The van der Waals surface area contributed by atoms with Crippen molar-refractivity contribution in [3.63, 3.8) is 0 Å². The number of carbonyl (C=O) groups is 1. The average molecular weight is 254 g/mol. The number of hydrogen-bond acceptors (Lipinski definition) is 3. The standard InChI is InChI=1S/C14H26N2O2/c1-3-13(2)4-8-16(9-5-13)12(17)14(15)6-10-18-11-7-14/h3-11,15H2,1-2H3. The van der Waals surface area contributed by atoms with Crippen LogP contribution in [0.4, 0.5) is 0 Å². The van der Waals surface area contributed by atoms with E-state index in [1.807, 2.05) is 4.90 Å². The van der Waals surface area contributed by atoms with Crippen molar-refractivity contribution in [1.29, 1.82) is 0 Å². The first-order chi connectivity index (χ1) is 8.49. The quantitative estimate of drug-likeness (QED) is 0.813. The van der Waals surface area contributed by atoms with Gasteiger partial charge in [0.1, 0.15) is 0 Å². The molecular formula is C14H26N2O2. The van der Waals surface area contributed by atoms with E-state index in [-0.39, 0.29) is 5.91 Å². The zero-order chi connectivity index (χ0) is 13.2. The lowest BCUT2D eigenvalue weighted by Crippen LogP contribution is -2.59. The third kappa shape index (κ3) is 2.69. The second-order valence-electron chi connectivity index (χ2n) is 6.22. The summed E-state index contributed by atoms with van der Waals surface area (Å²) >= 11 is 0. The molecule has 2 aliphatic rings. The number of carbonyl (C=O) groups excluding carboxylic acids is 1. The molecule has 0 aromatic carbocycles. The van der Waals surface area contributed by atoms with Crippen molar-refractivity contribution in [2.75, 3.05) is 26.3 Å². The minimum absolute atomic E-state index is 0.143. The summed E-state index contributed by atoms with van der Waals surface area (Å²) in [6.07, 6.45) is 4.71. The number of nitrogens with zero attached hydrogens (tertiary/aromatic N) is 1. The molecule has 0 atom stereocenters. The third-order valence-electron chi connectivity index (χ3n) is 4.92.